The number of hydrogen-bond acceptors (Lipinski definition) is 2. The predicted molar refractivity (Wildman–Crippen MR) is 53.3 cm³/mol. The summed E-state index contributed by atoms with van der Waals surface area (Å²) < 4.78 is 27.2. The number of rotatable bonds is 1. The molecule has 2 nitrogen and oxygen atoms in total. The summed E-state index contributed by atoms with van der Waals surface area (Å²) in [5.41, 5.74) is 0.328. The monoisotopic (exact) mass is 213 g/mol. The molecule has 0 saturated carbocycles. The maximum absolute atomic E-state index is 13.6. The third-order valence-electron chi connectivity index (χ3n) is 2.81. The Bertz CT molecular complexity index is 354. The van der Waals surface area contributed by atoms with Crippen molar-refractivity contribution in [2.75, 3.05) is 13.1 Å². The molecule has 0 spiro atoms. The molecule has 15 heavy (non-hydrogen) atoms. The van der Waals surface area contributed by atoms with Gasteiger partial charge in [-0.05, 0) is 6.07 Å². The molecule has 1 saturated heterocycles. The van der Waals surface area contributed by atoms with Crippen molar-refractivity contribution in [3.05, 3.63) is 29.8 Å². The van der Waals surface area contributed by atoms with E-state index in [0.717, 1.165) is 0 Å². The van der Waals surface area contributed by atoms with E-state index in [1.165, 1.54) is 6.07 Å². The summed E-state index contributed by atoms with van der Waals surface area (Å²) in [7, 11) is 0. The third kappa shape index (κ3) is 1.95. The van der Waals surface area contributed by atoms with Crippen LogP contribution in [0, 0.1) is 0 Å². The van der Waals surface area contributed by atoms with Crippen LogP contribution in [0.2, 0.25) is 0 Å². The van der Waals surface area contributed by atoms with Crippen LogP contribution in [0.3, 0.4) is 0 Å². The van der Waals surface area contributed by atoms with Crippen LogP contribution in [-0.4, -0.2) is 24.1 Å². The van der Waals surface area contributed by atoms with Crippen LogP contribution in [0.15, 0.2) is 24.3 Å². The minimum absolute atomic E-state index is 0.0501. The summed E-state index contributed by atoms with van der Waals surface area (Å²) in [6.07, 6.45) is -0.175. The molecule has 1 fully saturated rings. The molecule has 0 aliphatic carbocycles. The first kappa shape index (κ1) is 10.4. The van der Waals surface area contributed by atoms with Crippen LogP contribution in [0.25, 0.3) is 0 Å². The Morgan fingerprint density at radius 2 is 2.07 bits per heavy atom. The number of alkyl halides is 2. The van der Waals surface area contributed by atoms with Crippen LogP contribution in [0.1, 0.15) is 17.9 Å². The summed E-state index contributed by atoms with van der Waals surface area (Å²) in [5, 5.41) is 12.5. The fourth-order valence-electron chi connectivity index (χ4n) is 1.94. The molecule has 0 bridgehead atoms. The molecule has 1 heterocycles. The molecule has 2 N–H and O–H groups in total. The number of phenolic OH excluding ortho intramolecular Hbond substituents is 1. The Labute approximate surface area is 86.9 Å². The van der Waals surface area contributed by atoms with Crippen molar-refractivity contribution < 1.29 is 13.9 Å². The molecular formula is C11H13F2NO. The van der Waals surface area contributed by atoms with E-state index in [1.54, 1.807) is 18.2 Å². The summed E-state index contributed by atoms with van der Waals surface area (Å²) in [4.78, 5) is 0. The number of halogens is 2. The van der Waals surface area contributed by atoms with Gasteiger partial charge in [-0.25, -0.2) is 8.78 Å². The molecule has 1 aliphatic rings. The lowest BCUT2D eigenvalue weighted by molar-refractivity contribution is -0.0484. The minimum Gasteiger partial charge on any atom is -0.508 e. The van der Waals surface area contributed by atoms with E-state index in [-0.39, 0.29) is 18.7 Å². The maximum Gasteiger partial charge on any atom is 0.257 e. The Morgan fingerprint density at radius 1 is 1.33 bits per heavy atom. The lowest BCUT2D eigenvalue weighted by Gasteiger charge is -2.32. The lowest BCUT2D eigenvalue weighted by Crippen LogP contribution is -2.42. The van der Waals surface area contributed by atoms with Crippen molar-refractivity contribution in [1.29, 1.82) is 0 Å². The number of para-hydroxylation sites is 1. The van der Waals surface area contributed by atoms with Crippen LogP contribution >= 0.6 is 0 Å². The number of piperidine rings is 1. The van der Waals surface area contributed by atoms with Crippen molar-refractivity contribution in [2.24, 2.45) is 0 Å². The van der Waals surface area contributed by atoms with Crippen molar-refractivity contribution in [3.63, 3.8) is 0 Å². The van der Waals surface area contributed by atoms with Crippen LogP contribution in [0.5, 0.6) is 5.75 Å². The second-order valence-electron chi connectivity index (χ2n) is 3.83. The predicted octanol–water partition coefficient (Wildman–Crippen LogP) is 2.10. The van der Waals surface area contributed by atoms with Gasteiger partial charge in [0.15, 0.2) is 0 Å². The molecule has 4 heteroatoms. The average Bonchev–Trinajstić information content (AvgIpc) is 2.19. The van der Waals surface area contributed by atoms with Crippen molar-refractivity contribution in [1.82, 2.24) is 5.32 Å². The van der Waals surface area contributed by atoms with Gasteiger partial charge in [-0.1, -0.05) is 18.2 Å². The molecule has 1 unspecified atom stereocenters. The normalized spacial score (nSPS) is 25.1. The van der Waals surface area contributed by atoms with Gasteiger partial charge in [-0.15, -0.1) is 0 Å². The Kier molecular flexibility index (Phi) is 2.61. The van der Waals surface area contributed by atoms with Gasteiger partial charge in [-0.2, -0.15) is 0 Å². The summed E-state index contributed by atoms with van der Waals surface area (Å²) in [6.45, 7) is 0.543. The third-order valence-corrected chi connectivity index (χ3v) is 2.81. The zero-order valence-corrected chi connectivity index (χ0v) is 8.21. The number of benzene rings is 1. The zero-order chi connectivity index (χ0) is 10.9. The first-order valence-corrected chi connectivity index (χ1v) is 4.98. The van der Waals surface area contributed by atoms with Crippen molar-refractivity contribution in [3.8, 4) is 5.75 Å². The molecule has 1 atom stereocenters. The first-order chi connectivity index (χ1) is 7.11. The van der Waals surface area contributed by atoms with Crippen LogP contribution < -0.4 is 5.32 Å². The Balaban J connectivity index is 2.33. The molecule has 82 valence electrons. The quantitative estimate of drug-likeness (QED) is 0.748. The van der Waals surface area contributed by atoms with Gasteiger partial charge in [0, 0.05) is 25.1 Å². The smallest absolute Gasteiger partial charge is 0.257 e. The number of aromatic hydroxyl groups is 1. The average molecular weight is 213 g/mol. The lowest BCUT2D eigenvalue weighted by atomic mass is 9.87. The van der Waals surface area contributed by atoms with E-state index in [9.17, 15) is 13.9 Å². The highest BCUT2D eigenvalue weighted by atomic mass is 19.3. The maximum atomic E-state index is 13.6. The fourth-order valence-corrected chi connectivity index (χ4v) is 1.94. The van der Waals surface area contributed by atoms with E-state index in [2.05, 4.69) is 5.32 Å². The fraction of sp³-hybridized carbons (Fsp3) is 0.455. The largest absolute Gasteiger partial charge is 0.508 e. The number of phenols is 1. The molecule has 0 amide bonds. The van der Waals surface area contributed by atoms with Gasteiger partial charge in [0.05, 0.1) is 5.92 Å². The SMILES string of the molecule is Oc1ccccc1C1CNCCC1(F)F. The van der Waals surface area contributed by atoms with Gasteiger partial charge in [0.1, 0.15) is 5.75 Å². The van der Waals surface area contributed by atoms with Crippen molar-refractivity contribution in [2.45, 2.75) is 18.3 Å². The number of nitrogens with one attached hydrogen (secondary N) is 1. The van der Waals surface area contributed by atoms with E-state index in [0.29, 0.717) is 12.1 Å². The molecule has 1 aliphatic heterocycles. The second-order valence-corrected chi connectivity index (χ2v) is 3.83. The molecule has 2 rings (SSSR count). The minimum atomic E-state index is -2.73. The highest BCUT2D eigenvalue weighted by Crippen LogP contribution is 2.40. The van der Waals surface area contributed by atoms with Crippen molar-refractivity contribution >= 4 is 0 Å². The van der Waals surface area contributed by atoms with Gasteiger partial charge < -0.3 is 10.4 Å². The van der Waals surface area contributed by atoms with Gasteiger partial charge in [0.2, 0.25) is 0 Å². The number of hydrogen-bond donors (Lipinski definition) is 2. The van der Waals surface area contributed by atoms with E-state index in [1.807, 2.05) is 0 Å². The second kappa shape index (κ2) is 3.77. The summed E-state index contributed by atoms with van der Waals surface area (Å²) >= 11 is 0. The highest BCUT2D eigenvalue weighted by molar-refractivity contribution is 5.36. The van der Waals surface area contributed by atoms with E-state index < -0.39 is 11.8 Å². The van der Waals surface area contributed by atoms with Gasteiger partial charge in [-0.3, -0.25) is 0 Å². The zero-order valence-electron chi connectivity index (χ0n) is 8.21. The summed E-state index contributed by atoms with van der Waals surface area (Å²) in [6, 6.07) is 6.30. The molecule has 0 aromatic heterocycles. The van der Waals surface area contributed by atoms with Gasteiger partial charge in [0.25, 0.3) is 5.92 Å². The van der Waals surface area contributed by atoms with E-state index in [4.69, 9.17) is 0 Å². The highest BCUT2D eigenvalue weighted by Gasteiger charge is 2.43. The topological polar surface area (TPSA) is 32.3 Å². The molecule has 1 aromatic carbocycles. The van der Waals surface area contributed by atoms with Gasteiger partial charge >= 0.3 is 0 Å². The van der Waals surface area contributed by atoms with Crippen LogP contribution in [0.4, 0.5) is 8.78 Å². The first-order valence-electron chi connectivity index (χ1n) is 4.98. The molecule has 1 aromatic rings. The van der Waals surface area contributed by atoms with E-state index >= 15 is 0 Å². The summed E-state index contributed by atoms with van der Waals surface area (Å²) in [5.74, 6) is -3.71. The molecule has 0 radical (unpaired) electrons. The van der Waals surface area contributed by atoms with Crippen LogP contribution in [-0.2, 0) is 0 Å². The molecular weight excluding hydrogens is 200 g/mol. The Hall–Kier alpha value is -1.16. The standard InChI is InChI=1S/C11H13F2NO/c12-11(13)5-6-14-7-9(11)8-3-1-2-4-10(8)15/h1-4,9,14-15H,5-7H2. The Morgan fingerprint density at radius 3 is 2.73 bits per heavy atom.